The fraction of sp³-hybridized carbons (Fsp3) is 0.375. The van der Waals surface area contributed by atoms with Gasteiger partial charge in [0.1, 0.15) is 23.5 Å². The number of hydrogen-bond donors (Lipinski definition) is 1. The molecule has 1 aliphatic heterocycles. The molecule has 0 amide bonds. The summed E-state index contributed by atoms with van der Waals surface area (Å²) in [5.41, 5.74) is 7.34. The summed E-state index contributed by atoms with van der Waals surface area (Å²) >= 11 is 0. The lowest BCUT2D eigenvalue weighted by Gasteiger charge is -2.31. The molecule has 0 unspecified atom stereocenters. The molecule has 3 aromatic heterocycles. The molecule has 9 heteroatoms. The van der Waals surface area contributed by atoms with Crippen molar-refractivity contribution in [3.8, 4) is 11.4 Å². The van der Waals surface area contributed by atoms with Gasteiger partial charge in [-0.2, -0.15) is 5.10 Å². The standard InChI is InChI=1S/C16H17F2N7/c17-16(18)11-3-4-14-20-7-13(25(14)23-11)12-6-15(22-9-21-12)24-5-1-2-10(19)8-24/h3-4,6-7,9-10,16H,1-2,5,8,19H2/t10-/m0/s1. The Morgan fingerprint density at radius 1 is 1.20 bits per heavy atom. The van der Waals surface area contributed by atoms with Crippen LogP contribution in [0.1, 0.15) is 25.0 Å². The van der Waals surface area contributed by atoms with Crippen molar-refractivity contribution in [3.05, 3.63) is 36.4 Å². The van der Waals surface area contributed by atoms with Crippen LogP contribution < -0.4 is 10.6 Å². The third-order valence-corrected chi connectivity index (χ3v) is 4.30. The monoisotopic (exact) mass is 345 g/mol. The number of imidazole rings is 1. The number of nitrogens with two attached hydrogens (primary N) is 1. The van der Waals surface area contributed by atoms with Crippen LogP contribution in [0.25, 0.3) is 17.0 Å². The van der Waals surface area contributed by atoms with Crippen LogP contribution in [-0.4, -0.2) is 43.7 Å². The van der Waals surface area contributed by atoms with Crippen molar-refractivity contribution < 1.29 is 8.78 Å². The summed E-state index contributed by atoms with van der Waals surface area (Å²) < 4.78 is 27.3. The zero-order valence-corrected chi connectivity index (χ0v) is 13.4. The molecule has 1 fully saturated rings. The third kappa shape index (κ3) is 3.02. The SMILES string of the molecule is N[C@H]1CCCN(c2cc(-c3cnc4ccc(C(F)F)nn34)ncn2)C1. The molecule has 0 saturated carbocycles. The maximum absolute atomic E-state index is 12.9. The minimum Gasteiger partial charge on any atom is -0.355 e. The van der Waals surface area contributed by atoms with Gasteiger partial charge in [-0.25, -0.2) is 28.2 Å². The minimum absolute atomic E-state index is 0.123. The Morgan fingerprint density at radius 3 is 2.88 bits per heavy atom. The van der Waals surface area contributed by atoms with Gasteiger partial charge in [-0.1, -0.05) is 0 Å². The Labute approximate surface area is 142 Å². The summed E-state index contributed by atoms with van der Waals surface area (Å²) in [6.07, 6.45) is 2.40. The van der Waals surface area contributed by atoms with E-state index in [1.165, 1.54) is 23.0 Å². The summed E-state index contributed by atoms with van der Waals surface area (Å²) in [6, 6.07) is 4.73. The smallest absolute Gasteiger partial charge is 0.282 e. The Morgan fingerprint density at radius 2 is 2.08 bits per heavy atom. The van der Waals surface area contributed by atoms with Crippen LogP contribution in [0, 0.1) is 0 Å². The van der Waals surface area contributed by atoms with Gasteiger partial charge in [-0.3, -0.25) is 0 Å². The normalized spacial score (nSPS) is 18.2. The molecule has 4 heterocycles. The number of anilines is 1. The largest absolute Gasteiger partial charge is 0.355 e. The molecule has 1 atom stereocenters. The number of hydrogen-bond acceptors (Lipinski definition) is 6. The lowest BCUT2D eigenvalue weighted by atomic mass is 10.1. The van der Waals surface area contributed by atoms with E-state index in [1.54, 1.807) is 6.20 Å². The number of piperidine rings is 1. The molecule has 0 aromatic carbocycles. The molecule has 3 aromatic rings. The number of nitrogens with zero attached hydrogens (tertiary/aromatic N) is 6. The first-order valence-electron chi connectivity index (χ1n) is 8.07. The molecule has 0 aliphatic carbocycles. The fourth-order valence-electron chi connectivity index (χ4n) is 3.06. The second-order valence-electron chi connectivity index (χ2n) is 6.08. The molecule has 2 N–H and O–H groups in total. The average molecular weight is 345 g/mol. The van der Waals surface area contributed by atoms with Crippen LogP contribution in [0.3, 0.4) is 0 Å². The second-order valence-corrected chi connectivity index (χ2v) is 6.08. The first kappa shape index (κ1) is 15.8. The number of fused-ring (bicyclic) bond motifs is 1. The van der Waals surface area contributed by atoms with E-state index in [1.807, 2.05) is 6.07 Å². The molecule has 0 bridgehead atoms. The van der Waals surface area contributed by atoms with E-state index in [9.17, 15) is 8.78 Å². The van der Waals surface area contributed by atoms with Gasteiger partial charge >= 0.3 is 0 Å². The van der Waals surface area contributed by atoms with Crippen LogP contribution in [0.2, 0.25) is 0 Å². The predicted molar refractivity (Wildman–Crippen MR) is 88.4 cm³/mol. The van der Waals surface area contributed by atoms with Crippen LogP contribution in [0.15, 0.2) is 30.7 Å². The topological polar surface area (TPSA) is 85.2 Å². The number of aromatic nitrogens is 5. The van der Waals surface area contributed by atoms with E-state index in [-0.39, 0.29) is 11.7 Å². The van der Waals surface area contributed by atoms with Gasteiger partial charge in [-0.15, -0.1) is 0 Å². The molecule has 25 heavy (non-hydrogen) atoms. The molecule has 7 nitrogen and oxygen atoms in total. The summed E-state index contributed by atoms with van der Waals surface area (Å²) in [6.45, 7) is 1.61. The van der Waals surface area contributed by atoms with E-state index < -0.39 is 6.43 Å². The zero-order valence-electron chi connectivity index (χ0n) is 13.4. The highest BCUT2D eigenvalue weighted by molar-refractivity contribution is 5.62. The van der Waals surface area contributed by atoms with Crippen molar-refractivity contribution >= 4 is 11.5 Å². The summed E-state index contributed by atoms with van der Waals surface area (Å²) in [7, 11) is 0. The first-order chi connectivity index (χ1) is 12.1. The van der Waals surface area contributed by atoms with E-state index in [0.717, 1.165) is 31.7 Å². The summed E-state index contributed by atoms with van der Waals surface area (Å²) in [5, 5.41) is 3.98. The number of rotatable bonds is 3. The van der Waals surface area contributed by atoms with Crippen molar-refractivity contribution in [2.24, 2.45) is 5.73 Å². The Kier molecular flexibility index (Phi) is 4.00. The molecule has 1 aliphatic rings. The summed E-state index contributed by atoms with van der Waals surface area (Å²) in [5.74, 6) is 0.764. The maximum atomic E-state index is 12.9. The third-order valence-electron chi connectivity index (χ3n) is 4.30. The molecule has 0 spiro atoms. The van der Waals surface area contributed by atoms with E-state index in [0.29, 0.717) is 17.0 Å². The van der Waals surface area contributed by atoms with Crippen molar-refractivity contribution in [1.82, 2.24) is 24.6 Å². The molecule has 4 rings (SSSR count). The van der Waals surface area contributed by atoms with Crippen molar-refractivity contribution in [2.45, 2.75) is 25.3 Å². The zero-order chi connectivity index (χ0) is 17.4. The van der Waals surface area contributed by atoms with Gasteiger partial charge in [0.05, 0.1) is 11.9 Å². The van der Waals surface area contributed by atoms with Crippen LogP contribution >= 0.6 is 0 Å². The Balaban J connectivity index is 1.73. The molecule has 0 radical (unpaired) electrons. The highest BCUT2D eigenvalue weighted by atomic mass is 19.3. The summed E-state index contributed by atoms with van der Waals surface area (Å²) in [4.78, 5) is 14.9. The fourth-order valence-corrected chi connectivity index (χ4v) is 3.06. The predicted octanol–water partition coefficient (Wildman–Crippen LogP) is 2.05. The Bertz CT molecular complexity index is 895. The van der Waals surface area contributed by atoms with E-state index in [2.05, 4.69) is 25.0 Å². The molecular formula is C16H17F2N7. The lowest BCUT2D eigenvalue weighted by molar-refractivity contribution is 0.144. The highest BCUT2D eigenvalue weighted by Crippen LogP contribution is 2.24. The van der Waals surface area contributed by atoms with Crippen molar-refractivity contribution in [3.63, 3.8) is 0 Å². The highest BCUT2D eigenvalue weighted by Gasteiger charge is 2.19. The maximum Gasteiger partial charge on any atom is 0.282 e. The number of alkyl halides is 2. The van der Waals surface area contributed by atoms with Crippen LogP contribution in [0.4, 0.5) is 14.6 Å². The lowest BCUT2D eigenvalue weighted by Crippen LogP contribution is -2.43. The second kappa shape index (κ2) is 6.32. The van der Waals surface area contributed by atoms with E-state index >= 15 is 0 Å². The van der Waals surface area contributed by atoms with Crippen molar-refractivity contribution in [2.75, 3.05) is 18.0 Å². The van der Waals surface area contributed by atoms with E-state index in [4.69, 9.17) is 5.73 Å². The van der Waals surface area contributed by atoms with Gasteiger partial charge in [0, 0.05) is 25.2 Å². The molecule has 130 valence electrons. The van der Waals surface area contributed by atoms with Gasteiger partial charge in [0.2, 0.25) is 0 Å². The molecular weight excluding hydrogens is 328 g/mol. The van der Waals surface area contributed by atoms with Gasteiger partial charge in [0.15, 0.2) is 5.65 Å². The quantitative estimate of drug-likeness (QED) is 0.782. The first-order valence-corrected chi connectivity index (χ1v) is 8.07. The van der Waals surface area contributed by atoms with Crippen LogP contribution in [0.5, 0.6) is 0 Å². The van der Waals surface area contributed by atoms with Crippen LogP contribution in [-0.2, 0) is 0 Å². The Hall–Kier alpha value is -2.68. The minimum atomic E-state index is -2.64. The van der Waals surface area contributed by atoms with Gasteiger partial charge in [-0.05, 0) is 25.0 Å². The molecule has 1 saturated heterocycles. The van der Waals surface area contributed by atoms with Gasteiger partial charge in [0.25, 0.3) is 6.43 Å². The number of halogens is 2. The van der Waals surface area contributed by atoms with Crippen molar-refractivity contribution in [1.29, 1.82) is 0 Å². The van der Waals surface area contributed by atoms with Gasteiger partial charge < -0.3 is 10.6 Å². The average Bonchev–Trinajstić information content (AvgIpc) is 3.05.